The largest absolute Gasteiger partial charge is 0.370 e. The van der Waals surface area contributed by atoms with Gasteiger partial charge < -0.3 is 10.6 Å². The van der Waals surface area contributed by atoms with Crippen molar-refractivity contribution in [1.29, 1.82) is 0 Å². The van der Waals surface area contributed by atoms with Crippen molar-refractivity contribution in [2.24, 2.45) is 0 Å². The minimum atomic E-state index is -2.68. The molecular formula is C11H11F3N2S. The Kier molecular flexibility index (Phi) is 2.77. The molecule has 0 fully saturated rings. The van der Waals surface area contributed by atoms with Gasteiger partial charge >= 0.3 is 0 Å². The lowest BCUT2D eigenvalue weighted by Crippen LogP contribution is -2.47. The van der Waals surface area contributed by atoms with Crippen molar-refractivity contribution < 1.29 is 13.2 Å². The second-order valence-electron chi connectivity index (χ2n) is 4.39. The van der Waals surface area contributed by atoms with Gasteiger partial charge in [-0.15, -0.1) is 0 Å². The molecule has 0 atom stereocenters. The summed E-state index contributed by atoms with van der Waals surface area (Å²) in [5, 5.41) is 5.53. The summed E-state index contributed by atoms with van der Waals surface area (Å²) >= 11 is 5.07. The summed E-state index contributed by atoms with van der Waals surface area (Å²) in [6, 6.07) is 2.09. The summed E-state index contributed by atoms with van der Waals surface area (Å²) in [6.07, 6.45) is -2.68. The number of hydrogen-bond donors (Lipinski definition) is 2. The normalized spacial score (nSPS) is 17.4. The summed E-state index contributed by atoms with van der Waals surface area (Å²) in [7, 11) is 0. The molecule has 0 saturated heterocycles. The maximum Gasteiger partial charge on any atom is 0.265 e. The van der Waals surface area contributed by atoms with Crippen LogP contribution < -0.4 is 10.6 Å². The lowest BCUT2D eigenvalue weighted by atomic mass is 9.99. The number of rotatable bonds is 1. The average molecular weight is 260 g/mol. The molecule has 0 unspecified atom stereocenters. The van der Waals surface area contributed by atoms with Gasteiger partial charge in [0.15, 0.2) is 0 Å². The highest BCUT2D eigenvalue weighted by atomic mass is 32.1. The van der Waals surface area contributed by atoms with E-state index in [1.54, 1.807) is 13.8 Å². The molecular weight excluding hydrogens is 249 g/mol. The highest BCUT2D eigenvalue weighted by Gasteiger charge is 2.33. The maximum absolute atomic E-state index is 13.6. The Bertz CT molecular complexity index is 486. The van der Waals surface area contributed by atoms with Crippen molar-refractivity contribution in [3.8, 4) is 0 Å². The summed E-state index contributed by atoms with van der Waals surface area (Å²) in [5.41, 5.74) is -0.846. The smallest absolute Gasteiger partial charge is 0.265 e. The molecule has 0 saturated carbocycles. The topological polar surface area (TPSA) is 24.1 Å². The molecule has 0 spiro atoms. The predicted molar refractivity (Wildman–Crippen MR) is 65.3 cm³/mol. The predicted octanol–water partition coefficient (Wildman–Crippen LogP) is 3.71. The first-order valence-corrected chi connectivity index (χ1v) is 5.44. The summed E-state index contributed by atoms with van der Waals surface area (Å²) in [4.78, 5) is 0.359. The van der Waals surface area contributed by atoms with Gasteiger partial charge in [-0.2, -0.15) is 0 Å². The number of hydrogen-bond acceptors (Lipinski definition) is 2. The molecule has 1 aliphatic heterocycles. The molecule has 1 aliphatic rings. The second kappa shape index (κ2) is 3.87. The quantitative estimate of drug-likeness (QED) is 0.753. The van der Waals surface area contributed by atoms with Gasteiger partial charge in [0.05, 0.1) is 16.9 Å². The fourth-order valence-electron chi connectivity index (χ4n) is 1.67. The standard InChI is InChI=1S/C11H11F3N2S/c1-11(2)10(17)15-7-5(9(13)14)3-4-6(12)8(7)16-11/h3-4,9,16H,1-2H3,(H,15,17). The van der Waals surface area contributed by atoms with E-state index >= 15 is 0 Å². The van der Waals surface area contributed by atoms with E-state index in [-0.39, 0.29) is 16.9 Å². The highest BCUT2D eigenvalue weighted by molar-refractivity contribution is 7.80. The molecule has 2 nitrogen and oxygen atoms in total. The monoisotopic (exact) mass is 260 g/mol. The molecule has 1 aromatic rings. The Morgan fingerprint density at radius 1 is 1.24 bits per heavy atom. The van der Waals surface area contributed by atoms with E-state index in [2.05, 4.69) is 10.6 Å². The van der Waals surface area contributed by atoms with Crippen LogP contribution >= 0.6 is 12.2 Å². The van der Waals surface area contributed by atoms with E-state index in [1.165, 1.54) is 0 Å². The van der Waals surface area contributed by atoms with Crippen LogP contribution in [0.5, 0.6) is 0 Å². The molecule has 2 rings (SSSR count). The fraction of sp³-hybridized carbons (Fsp3) is 0.364. The molecule has 92 valence electrons. The van der Waals surface area contributed by atoms with Crippen molar-refractivity contribution in [1.82, 2.24) is 0 Å². The third kappa shape index (κ3) is 1.97. The minimum absolute atomic E-state index is 0.0318. The van der Waals surface area contributed by atoms with E-state index in [4.69, 9.17) is 12.2 Å². The number of alkyl halides is 2. The molecule has 0 aromatic heterocycles. The van der Waals surface area contributed by atoms with Crippen LogP contribution in [-0.4, -0.2) is 10.5 Å². The Hall–Kier alpha value is -1.30. The van der Waals surface area contributed by atoms with Crippen molar-refractivity contribution in [3.05, 3.63) is 23.5 Å². The second-order valence-corrected chi connectivity index (χ2v) is 4.80. The van der Waals surface area contributed by atoms with Gasteiger partial charge in [0, 0.05) is 5.56 Å². The molecule has 2 N–H and O–H groups in total. The van der Waals surface area contributed by atoms with Crippen molar-refractivity contribution in [3.63, 3.8) is 0 Å². The van der Waals surface area contributed by atoms with E-state index in [1.807, 2.05) is 0 Å². The van der Waals surface area contributed by atoms with E-state index < -0.39 is 17.8 Å². The average Bonchev–Trinajstić information content (AvgIpc) is 2.21. The summed E-state index contributed by atoms with van der Waals surface area (Å²) in [5.74, 6) is -0.576. The minimum Gasteiger partial charge on any atom is -0.370 e. The Labute approximate surface area is 102 Å². The number of nitrogens with one attached hydrogen (secondary N) is 2. The van der Waals surface area contributed by atoms with E-state index in [9.17, 15) is 13.2 Å². The number of thiocarbonyl (C=S) groups is 1. The van der Waals surface area contributed by atoms with Crippen molar-refractivity contribution >= 4 is 28.6 Å². The first kappa shape index (κ1) is 12.2. The third-order valence-corrected chi connectivity index (χ3v) is 3.28. The summed E-state index contributed by atoms with van der Waals surface area (Å²) < 4.78 is 39.1. The first-order valence-electron chi connectivity index (χ1n) is 5.03. The maximum atomic E-state index is 13.6. The van der Waals surface area contributed by atoms with Crippen LogP contribution in [0.1, 0.15) is 25.8 Å². The first-order chi connectivity index (χ1) is 7.83. The number of anilines is 2. The van der Waals surface area contributed by atoms with Gasteiger partial charge in [-0.05, 0) is 26.0 Å². The van der Waals surface area contributed by atoms with Crippen LogP contribution in [0.2, 0.25) is 0 Å². The molecule has 0 aliphatic carbocycles. The van der Waals surface area contributed by atoms with Crippen molar-refractivity contribution in [2.75, 3.05) is 10.6 Å². The van der Waals surface area contributed by atoms with Gasteiger partial charge in [0.25, 0.3) is 6.43 Å². The van der Waals surface area contributed by atoms with Gasteiger partial charge in [0.1, 0.15) is 10.8 Å². The molecule has 6 heteroatoms. The fourth-order valence-corrected chi connectivity index (χ4v) is 1.82. The number of fused-ring (bicyclic) bond motifs is 1. The Balaban J connectivity index is 2.59. The zero-order chi connectivity index (χ0) is 12.8. The zero-order valence-corrected chi connectivity index (χ0v) is 10.1. The van der Waals surface area contributed by atoms with Gasteiger partial charge in [-0.1, -0.05) is 12.2 Å². The van der Waals surface area contributed by atoms with Crippen LogP contribution in [-0.2, 0) is 0 Å². The summed E-state index contributed by atoms with van der Waals surface area (Å²) in [6.45, 7) is 3.50. The molecule has 17 heavy (non-hydrogen) atoms. The Morgan fingerprint density at radius 2 is 1.88 bits per heavy atom. The lowest BCUT2D eigenvalue weighted by molar-refractivity contribution is 0.152. The molecule has 0 amide bonds. The van der Waals surface area contributed by atoms with Crippen LogP contribution in [0.4, 0.5) is 24.5 Å². The van der Waals surface area contributed by atoms with E-state index in [0.29, 0.717) is 4.99 Å². The zero-order valence-electron chi connectivity index (χ0n) is 9.27. The van der Waals surface area contributed by atoms with Crippen molar-refractivity contribution in [2.45, 2.75) is 25.8 Å². The van der Waals surface area contributed by atoms with Crippen LogP contribution in [0.3, 0.4) is 0 Å². The van der Waals surface area contributed by atoms with Gasteiger partial charge in [-0.3, -0.25) is 0 Å². The number of benzene rings is 1. The molecule has 1 heterocycles. The van der Waals surface area contributed by atoms with Crippen LogP contribution in [0.25, 0.3) is 0 Å². The SMILES string of the molecule is CC1(C)Nc2c(F)ccc(C(F)F)c2NC1=S. The molecule has 0 radical (unpaired) electrons. The Morgan fingerprint density at radius 3 is 2.47 bits per heavy atom. The third-order valence-electron chi connectivity index (χ3n) is 2.67. The lowest BCUT2D eigenvalue weighted by Gasteiger charge is -2.36. The van der Waals surface area contributed by atoms with E-state index in [0.717, 1.165) is 12.1 Å². The highest BCUT2D eigenvalue weighted by Crippen LogP contribution is 2.39. The van der Waals surface area contributed by atoms with Crippen LogP contribution in [0, 0.1) is 5.82 Å². The van der Waals surface area contributed by atoms with Gasteiger partial charge in [0.2, 0.25) is 0 Å². The molecule has 0 bridgehead atoms. The number of halogens is 3. The van der Waals surface area contributed by atoms with Crippen LogP contribution in [0.15, 0.2) is 12.1 Å². The van der Waals surface area contributed by atoms with Gasteiger partial charge in [-0.25, -0.2) is 13.2 Å². The molecule has 1 aromatic carbocycles.